The number of nitrogens with one attached hydrogen (secondary N) is 1. The number of hydrogen-bond donors (Lipinski definition) is 3. The van der Waals surface area contributed by atoms with Gasteiger partial charge < -0.3 is 25.1 Å². The van der Waals surface area contributed by atoms with Crippen molar-refractivity contribution in [3.63, 3.8) is 0 Å². The van der Waals surface area contributed by atoms with Crippen molar-refractivity contribution in [1.82, 2.24) is 5.32 Å². The number of aliphatic carboxylic acids is 1. The van der Waals surface area contributed by atoms with Crippen molar-refractivity contribution in [2.45, 2.75) is 37.9 Å². The Labute approximate surface area is 256 Å². The minimum Gasteiger partial charge on any atom is -0.497 e. The predicted octanol–water partition coefficient (Wildman–Crippen LogP) is 4.27. The van der Waals surface area contributed by atoms with Crippen molar-refractivity contribution >= 4 is 23.6 Å². The third kappa shape index (κ3) is 12.6. The average molecular weight is 636 g/mol. The van der Waals surface area contributed by atoms with Gasteiger partial charge in [0.1, 0.15) is 17.5 Å². The van der Waals surface area contributed by atoms with Crippen molar-refractivity contribution in [3.05, 3.63) is 89.2 Å². The van der Waals surface area contributed by atoms with Crippen LogP contribution in [0.25, 0.3) is 0 Å². The Hall–Kier alpha value is -5.14. The van der Waals surface area contributed by atoms with Gasteiger partial charge in [0, 0.05) is 18.9 Å². The summed E-state index contributed by atoms with van der Waals surface area (Å²) in [6, 6.07) is 18.3. The predicted molar refractivity (Wildman–Crippen MR) is 157 cm³/mol. The molecule has 0 heterocycles. The first kappa shape index (κ1) is 36.1. The van der Waals surface area contributed by atoms with Gasteiger partial charge in [-0.1, -0.05) is 36.4 Å². The van der Waals surface area contributed by atoms with E-state index in [2.05, 4.69) is 10.3 Å². The molecule has 0 aliphatic carbocycles. The van der Waals surface area contributed by atoms with Crippen LogP contribution in [0.5, 0.6) is 17.2 Å². The fourth-order valence-electron chi connectivity index (χ4n) is 3.90. The highest BCUT2D eigenvalue weighted by atomic mass is 19.4. The van der Waals surface area contributed by atoms with Gasteiger partial charge in [-0.3, -0.25) is 14.9 Å². The summed E-state index contributed by atoms with van der Waals surface area (Å²) >= 11 is 0. The molecular weight excluding hydrogens is 602 g/mol. The Bertz CT molecular complexity index is 1460. The zero-order chi connectivity index (χ0) is 33.6. The van der Waals surface area contributed by atoms with E-state index >= 15 is 0 Å². The number of rotatable bonds is 12. The lowest BCUT2D eigenvalue weighted by Crippen LogP contribution is -2.40. The van der Waals surface area contributed by atoms with Crippen LogP contribution in [-0.4, -0.2) is 62.3 Å². The summed E-state index contributed by atoms with van der Waals surface area (Å²) in [5.41, 5.74) is 8.38. The molecule has 242 valence electrons. The molecule has 0 aromatic heterocycles. The van der Waals surface area contributed by atoms with Crippen LogP contribution in [-0.2, 0) is 33.6 Å². The Kier molecular flexibility index (Phi) is 13.8. The van der Waals surface area contributed by atoms with Crippen molar-refractivity contribution in [2.75, 3.05) is 21.3 Å². The molecule has 0 spiro atoms. The second-order valence-electron chi connectivity index (χ2n) is 9.40. The number of halogens is 4. The fraction of sp³-hybridized carbons (Fsp3) is 0.290. The highest BCUT2D eigenvalue weighted by molar-refractivity contribution is 5.98. The second kappa shape index (κ2) is 17.2. The molecule has 0 aliphatic heterocycles. The van der Waals surface area contributed by atoms with E-state index in [0.29, 0.717) is 29.9 Å². The number of alkyl halides is 3. The van der Waals surface area contributed by atoms with Crippen LogP contribution >= 0.6 is 0 Å². The molecule has 0 radical (unpaired) electrons. The van der Waals surface area contributed by atoms with Gasteiger partial charge >= 0.3 is 12.1 Å². The average Bonchev–Trinajstić information content (AvgIpc) is 3.00. The number of carboxylic acid groups (broad SMARTS) is 1. The third-order valence-corrected chi connectivity index (χ3v) is 6.10. The van der Waals surface area contributed by atoms with Crippen LogP contribution in [0.1, 0.15) is 23.1 Å². The molecule has 1 atom stereocenters. The smallest absolute Gasteiger partial charge is 0.490 e. The number of nitrogens with zero attached hydrogens (tertiary/aromatic N) is 1. The molecule has 45 heavy (non-hydrogen) atoms. The first-order chi connectivity index (χ1) is 21.2. The second-order valence-corrected chi connectivity index (χ2v) is 9.40. The topological polar surface area (TPSA) is 150 Å². The zero-order valence-electron chi connectivity index (χ0n) is 24.7. The number of hydrogen-bond acceptors (Lipinski definition) is 7. The van der Waals surface area contributed by atoms with Gasteiger partial charge in [-0.15, -0.1) is 0 Å². The van der Waals surface area contributed by atoms with E-state index in [1.165, 1.54) is 27.4 Å². The number of ether oxygens (including phenoxy) is 3. The van der Waals surface area contributed by atoms with Crippen molar-refractivity contribution in [3.8, 4) is 17.2 Å². The van der Waals surface area contributed by atoms with Gasteiger partial charge in [0.15, 0.2) is 23.3 Å². The van der Waals surface area contributed by atoms with E-state index in [-0.39, 0.29) is 30.3 Å². The number of aliphatic imine (C=N–C) groups is 1. The summed E-state index contributed by atoms with van der Waals surface area (Å²) in [6.07, 6.45) is -4.23. The maximum Gasteiger partial charge on any atom is 0.490 e. The van der Waals surface area contributed by atoms with Crippen LogP contribution in [0, 0.1) is 5.82 Å². The number of carbonyl (C=O) groups excluding carboxylic acids is 2. The number of carbonyl (C=O) groups is 3. The molecular formula is C31H33F4N3O7. The van der Waals surface area contributed by atoms with E-state index in [0.717, 1.165) is 11.1 Å². The number of Topliss-reactive ketones (excluding diaryl/α,β-unsaturated/α-hetero) is 1. The van der Waals surface area contributed by atoms with Crippen molar-refractivity contribution < 1.29 is 51.3 Å². The Morgan fingerprint density at radius 1 is 0.889 bits per heavy atom. The molecule has 14 heteroatoms. The molecule has 3 rings (SSSR count). The molecule has 3 aromatic carbocycles. The summed E-state index contributed by atoms with van der Waals surface area (Å²) in [4.78, 5) is 39.1. The van der Waals surface area contributed by atoms with E-state index in [9.17, 15) is 27.2 Å². The summed E-state index contributed by atoms with van der Waals surface area (Å²) < 4.78 is 61.0. The molecule has 0 saturated heterocycles. The number of carboxylic acids is 1. The van der Waals surface area contributed by atoms with E-state index in [4.69, 9.17) is 29.8 Å². The van der Waals surface area contributed by atoms with Crippen LogP contribution in [0.3, 0.4) is 0 Å². The number of guanidine groups is 1. The maximum absolute atomic E-state index is 13.7. The third-order valence-electron chi connectivity index (χ3n) is 6.10. The van der Waals surface area contributed by atoms with Gasteiger partial charge in [0.25, 0.3) is 0 Å². The molecule has 0 unspecified atom stereocenters. The lowest BCUT2D eigenvalue weighted by atomic mass is 9.98. The highest BCUT2D eigenvalue weighted by Crippen LogP contribution is 2.23. The molecule has 0 saturated carbocycles. The van der Waals surface area contributed by atoms with Crippen LogP contribution < -0.4 is 25.3 Å². The number of amides is 1. The standard InChI is InChI=1S/C29H32FN3O5.C2HF3O2/c1-36-22-13-21(14-23(18-22)37-2)17-28(35)33-29(31)32-25(15-19-7-5-4-6-8-19)26(34)12-10-20-9-11-24(30)27(16-20)38-3;3-2(4,5)1(6)7/h4-9,11,13-14,16,18,25H,10,12,15,17H2,1-3H3,(H3,31,32,33,35);(H,6,7)/t25-;/m1./s1. The fourth-order valence-corrected chi connectivity index (χ4v) is 3.90. The van der Waals surface area contributed by atoms with Gasteiger partial charge in [-0.25, -0.2) is 14.2 Å². The SMILES string of the molecule is COc1cc(CC(=O)NC(N)=N[C@H](Cc2ccccc2)C(=O)CCc2ccc(F)c(OC)c2)cc(OC)c1.O=C(O)C(F)(F)F. The number of ketones is 1. The largest absolute Gasteiger partial charge is 0.497 e. The molecule has 0 bridgehead atoms. The van der Waals surface area contributed by atoms with Crippen LogP contribution in [0.2, 0.25) is 0 Å². The van der Waals surface area contributed by atoms with Gasteiger partial charge in [0.05, 0.1) is 27.8 Å². The Morgan fingerprint density at radius 3 is 2.02 bits per heavy atom. The minimum absolute atomic E-state index is 0.00742. The first-order valence-corrected chi connectivity index (χ1v) is 13.3. The van der Waals surface area contributed by atoms with E-state index < -0.39 is 29.9 Å². The molecule has 1 amide bonds. The van der Waals surface area contributed by atoms with E-state index in [1.54, 1.807) is 30.3 Å². The van der Waals surface area contributed by atoms with Crippen LogP contribution in [0.4, 0.5) is 17.6 Å². The monoisotopic (exact) mass is 635 g/mol. The summed E-state index contributed by atoms with van der Waals surface area (Å²) in [5, 5.41) is 9.69. The summed E-state index contributed by atoms with van der Waals surface area (Å²) in [7, 11) is 4.44. The minimum atomic E-state index is -5.08. The number of benzene rings is 3. The van der Waals surface area contributed by atoms with Crippen molar-refractivity contribution in [2.24, 2.45) is 10.7 Å². The summed E-state index contributed by atoms with van der Waals surface area (Å²) in [6.45, 7) is 0. The van der Waals surface area contributed by atoms with Crippen molar-refractivity contribution in [1.29, 1.82) is 0 Å². The summed E-state index contributed by atoms with van der Waals surface area (Å²) in [5.74, 6) is -2.70. The normalized spacial score (nSPS) is 11.8. The molecule has 3 aromatic rings. The van der Waals surface area contributed by atoms with Gasteiger partial charge in [-0.2, -0.15) is 13.2 Å². The first-order valence-electron chi connectivity index (χ1n) is 13.3. The molecule has 10 nitrogen and oxygen atoms in total. The van der Waals surface area contributed by atoms with E-state index in [1.807, 2.05) is 30.3 Å². The molecule has 4 N–H and O–H groups in total. The van der Waals surface area contributed by atoms with Gasteiger partial charge in [-0.05, 0) is 47.4 Å². The lowest BCUT2D eigenvalue weighted by Gasteiger charge is -2.14. The lowest BCUT2D eigenvalue weighted by molar-refractivity contribution is -0.192. The van der Waals surface area contributed by atoms with Crippen LogP contribution in [0.15, 0.2) is 71.7 Å². The molecule has 0 fully saturated rings. The van der Waals surface area contributed by atoms with Gasteiger partial charge in [0.2, 0.25) is 5.91 Å². The highest BCUT2D eigenvalue weighted by Gasteiger charge is 2.38. The number of methoxy groups -OCH3 is 3. The Morgan fingerprint density at radius 2 is 1.49 bits per heavy atom. The number of nitrogens with two attached hydrogens (primary N) is 1. The molecule has 0 aliphatic rings. The number of aryl methyl sites for hydroxylation is 1. The quantitative estimate of drug-likeness (QED) is 0.152. The zero-order valence-corrected chi connectivity index (χ0v) is 24.7. The maximum atomic E-state index is 13.7. The Balaban J connectivity index is 0.000000900.